The Morgan fingerprint density at radius 2 is 1.83 bits per heavy atom. The molecule has 2 rings (SSSR count). The highest BCUT2D eigenvalue weighted by molar-refractivity contribution is 6.30. The number of hydrogen-bond acceptors (Lipinski definition) is 4. The number of rotatable bonds is 9. The molecule has 4 nitrogen and oxygen atoms in total. The van der Waals surface area contributed by atoms with Gasteiger partial charge in [-0.05, 0) is 11.6 Å². The molecule has 2 aromatic carbocycles. The summed E-state index contributed by atoms with van der Waals surface area (Å²) in [6.45, 7) is 2.51. The number of benzene rings is 2. The highest BCUT2D eigenvalue weighted by atomic mass is 35.5. The Hall–Kier alpha value is -1.46. The van der Waals surface area contributed by atoms with Gasteiger partial charge in [0.2, 0.25) is 0 Å². The topological polar surface area (TPSA) is 39.7 Å². The summed E-state index contributed by atoms with van der Waals surface area (Å²) in [5.74, 6) is 1.35. The van der Waals surface area contributed by atoms with Crippen LogP contribution in [-0.2, 0) is 17.9 Å². The van der Waals surface area contributed by atoms with Gasteiger partial charge in [-0.15, -0.1) is 12.4 Å². The van der Waals surface area contributed by atoms with E-state index >= 15 is 0 Å². The van der Waals surface area contributed by atoms with Gasteiger partial charge in [-0.1, -0.05) is 41.9 Å². The summed E-state index contributed by atoms with van der Waals surface area (Å²) in [5, 5.41) is 3.92. The molecule has 0 heterocycles. The highest BCUT2D eigenvalue weighted by Crippen LogP contribution is 2.35. The summed E-state index contributed by atoms with van der Waals surface area (Å²) in [6, 6.07) is 13.7. The molecular formula is C18H23Cl2NO3. The lowest BCUT2D eigenvalue weighted by Crippen LogP contribution is -2.19. The number of hydrogen-bond donors (Lipinski definition) is 1. The first-order valence-electron chi connectivity index (χ1n) is 7.47. The van der Waals surface area contributed by atoms with Gasteiger partial charge in [0.25, 0.3) is 0 Å². The normalized spacial score (nSPS) is 10.1. The zero-order valence-electron chi connectivity index (χ0n) is 13.9. The smallest absolute Gasteiger partial charge is 0.166 e. The molecule has 24 heavy (non-hydrogen) atoms. The first kappa shape index (κ1) is 20.6. The van der Waals surface area contributed by atoms with E-state index in [9.17, 15) is 0 Å². The van der Waals surface area contributed by atoms with Crippen LogP contribution < -0.4 is 14.8 Å². The van der Waals surface area contributed by atoms with Crippen LogP contribution in [-0.4, -0.2) is 27.4 Å². The van der Waals surface area contributed by atoms with Crippen LogP contribution in [0.2, 0.25) is 5.02 Å². The van der Waals surface area contributed by atoms with Crippen molar-refractivity contribution in [3.05, 3.63) is 58.6 Å². The van der Waals surface area contributed by atoms with Gasteiger partial charge in [0.05, 0.1) is 13.7 Å². The van der Waals surface area contributed by atoms with E-state index in [1.165, 1.54) is 0 Å². The second-order valence-electron chi connectivity index (χ2n) is 5.04. The van der Waals surface area contributed by atoms with Crippen LogP contribution in [0.1, 0.15) is 11.1 Å². The van der Waals surface area contributed by atoms with E-state index < -0.39 is 0 Å². The van der Waals surface area contributed by atoms with Crippen molar-refractivity contribution < 1.29 is 14.2 Å². The van der Waals surface area contributed by atoms with Crippen LogP contribution in [0.4, 0.5) is 0 Å². The molecule has 0 radical (unpaired) electrons. The van der Waals surface area contributed by atoms with Gasteiger partial charge in [0, 0.05) is 36.9 Å². The third-order valence-corrected chi connectivity index (χ3v) is 3.56. The number of methoxy groups -OCH3 is 2. The third-order valence-electron chi connectivity index (χ3n) is 3.34. The zero-order chi connectivity index (χ0) is 16.5. The van der Waals surface area contributed by atoms with E-state index in [2.05, 4.69) is 5.32 Å². The number of nitrogens with one attached hydrogen (secondary N) is 1. The molecule has 0 aliphatic rings. The van der Waals surface area contributed by atoms with Gasteiger partial charge in [0.15, 0.2) is 11.5 Å². The maximum atomic E-state index is 6.17. The molecule has 0 aliphatic carbocycles. The van der Waals surface area contributed by atoms with E-state index in [-0.39, 0.29) is 12.4 Å². The maximum Gasteiger partial charge on any atom is 0.166 e. The molecule has 0 saturated heterocycles. The van der Waals surface area contributed by atoms with Crippen molar-refractivity contribution >= 4 is 24.0 Å². The maximum absolute atomic E-state index is 6.17. The molecule has 0 amide bonds. The zero-order valence-corrected chi connectivity index (χ0v) is 15.5. The lowest BCUT2D eigenvalue weighted by molar-refractivity contribution is 0.199. The fourth-order valence-corrected chi connectivity index (χ4v) is 2.43. The monoisotopic (exact) mass is 371 g/mol. The van der Waals surface area contributed by atoms with Gasteiger partial charge in [0.1, 0.15) is 6.61 Å². The molecule has 0 aromatic heterocycles. The average molecular weight is 372 g/mol. The van der Waals surface area contributed by atoms with E-state index in [1.54, 1.807) is 20.3 Å². The highest BCUT2D eigenvalue weighted by Gasteiger charge is 2.13. The summed E-state index contributed by atoms with van der Waals surface area (Å²) < 4.78 is 16.5. The Morgan fingerprint density at radius 1 is 1.08 bits per heavy atom. The van der Waals surface area contributed by atoms with Crippen molar-refractivity contribution in [3.8, 4) is 11.5 Å². The van der Waals surface area contributed by atoms with Crippen LogP contribution in [0.3, 0.4) is 0 Å². The summed E-state index contributed by atoms with van der Waals surface area (Å²) in [6.07, 6.45) is 0. The molecule has 6 heteroatoms. The predicted molar refractivity (Wildman–Crippen MR) is 99.6 cm³/mol. The molecule has 2 aromatic rings. The quantitative estimate of drug-likeness (QED) is 0.674. The molecule has 0 fully saturated rings. The largest absolute Gasteiger partial charge is 0.493 e. The van der Waals surface area contributed by atoms with Gasteiger partial charge >= 0.3 is 0 Å². The fraction of sp³-hybridized carbons (Fsp3) is 0.333. The van der Waals surface area contributed by atoms with Crippen LogP contribution >= 0.6 is 24.0 Å². The Labute approximate surface area is 154 Å². The van der Waals surface area contributed by atoms with Crippen molar-refractivity contribution in [1.82, 2.24) is 5.32 Å². The number of ether oxygens (including phenoxy) is 3. The molecule has 0 aliphatic heterocycles. The average Bonchev–Trinajstić information content (AvgIpc) is 2.58. The van der Waals surface area contributed by atoms with Crippen molar-refractivity contribution in [2.45, 2.75) is 13.2 Å². The molecule has 0 atom stereocenters. The molecule has 0 saturated carbocycles. The number of halogens is 2. The molecule has 0 bridgehead atoms. The second kappa shape index (κ2) is 11.2. The van der Waals surface area contributed by atoms with Gasteiger partial charge in [-0.3, -0.25) is 0 Å². The Balaban J connectivity index is 0.00000288. The fourth-order valence-electron chi connectivity index (χ4n) is 2.20. The van der Waals surface area contributed by atoms with Gasteiger partial charge in [-0.25, -0.2) is 0 Å². The summed E-state index contributed by atoms with van der Waals surface area (Å²) in [7, 11) is 3.29. The van der Waals surface area contributed by atoms with E-state index in [0.29, 0.717) is 36.3 Å². The molecular weight excluding hydrogens is 349 g/mol. The van der Waals surface area contributed by atoms with E-state index in [1.807, 2.05) is 36.4 Å². The van der Waals surface area contributed by atoms with Crippen molar-refractivity contribution in [3.63, 3.8) is 0 Å². The first-order chi connectivity index (χ1) is 11.2. The molecule has 1 N–H and O–H groups in total. The van der Waals surface area contributed by atoms with Crippen molar-refractivity contribution in [2.24, 2.45) is 0 Å². The Morgan fingerprint density at radius 3 is 2.50 bits per heavy atom. The standard InChI is InChI=1S/C18H22ClNO3.ClH/c1-21-9-8-20-12-15-10-16(19)11-17(22-2)18(15)23-13-14-6-4-3-5-7-14;/h3-7,10-11,20H,8-9,12-13H2,1-2H3;1H. The van der Waals surface area contributed by atoms with Crippen LogP contribution in [0.15, 0.2) is 42.5 Å². The van der Waals surface area contributed by atoms with Crippen LogP contribution in [0.25, 0.3) is 0 Å². The van der Waals surface area contributed by atoms with Crippen LogP contribution in [0, 0.1) is 0 Å². The minimum Gasteiger partial charge on any atom is -0.493 e. The van der Waals surface area contributed by atoms with Crippen molar-refractivity contribution in [1.29, 1.82) is 0 Å². The summed E-state index contributed by atoms with van der Waals surface area (Å²) in [4.78, 5) is 0. The van der Waals surface area contributed by atoms with Gasteiger partial charge < -0.3 is 19.5 Å². The second-order valence-corrected chi connectivity index (χ2v) is 5.48. The van der Waals surface area contributed by atoms with Crippen molar-refractivity contribution in [2.75, 3.05) is 27.4 Å². The molecule has 0 unspecified atom stereocenters. The Kier molecular flexibility index (Phi) is 9.57. The summed E-state index contributed by atoms with van der Waals surface area (Å²) in [5.41, 5.74) is 2.06. The minimum atomic E-state index is 0. The molecule has 0 spiro atoms. The van der Waals surface area contributed by atoms with Gasteiger partial charge in [-0.2, -0.15) is 0 Å². The lowest BCUT2D eigenvalue weighted by Gasteiger charge is -2.16. The predicted octanol–water partition coefficient (Wildman–Crippen LogP) is 4.09. The minimum absolute atomic E-state index is 0. The SMILES string of the molecule is COCCNCc1cc(Cl)cc(OC)c1OCc1ccccc1.Cl. The van der Waals surface area contributed by atoms with E-state index in [4.69, 9.17) is 25.8 Å². The first-order valence-corrected chi connectivity index (χ1v) is 7.85. The van der Waals surface area contributed by atoms with Crippen LogP contribution in [0.5, 0.6) is 11.5 Å². The van der Waals surface area contributed by atoms with E-state index in [0.717, 1.165) is 17.7 Å². The lowest BCUT2D eigenvalue weighted by atomic mass is 10.1. The third kappa shape index (κ3) is 6.21. The Bertz CT molecular complexity index is 609. The molecule has 132 valence electrons. The summed E-state index contributed by atoms with van der Waals surface area (Å²) >= 11 is 6.17.